The van der Waals surface area contributed by atoms with E-state index in [0.29, 0.717) is 15.8 Å². The standard InChI is InChI=1S/C12H14Cl2N2OS/c1-18-9-3-2-8(5-9)16-12(17)7-4-10(13)11(14)15-6-7/h4,6,8-9H,2-3,5H2,1H3,(H,16,17). The second-order valence-corrected chi connectivity index (χ2v) is 6.24. The van der Waals surface area contributed by atoms with Gasteiger partial charge in [-0.3, -0.25) is 4.79 Å². The van der Waals surface area contributed by atoms with E-state index in [0.717, 1.165) is 19.3 Å². The fourth-order valence-electron chi connectivity index (χ4n) is 2.10. The summed E-state index contributed by atoms with van der Waals surface area (Å²) in [6, 6.07) is 1.80. The Hall–Kier alpha value is -0.450. The van der Waals surface area contributed by atoms with Crippen LogP contribution in [0.2, 0.25) is 10.2 Å². The third kappa shape index (κ3) is 3.31. The van der Waals surface area contributed by atoms with Crippen molar-refractivity contribution in [2.45, 2.75) is 30.6 Å². The van der Waals surface area contributed by atoms with Crippen LogP contribution in [-0.4, -0.2) is 28.4 Å². The first kappa shape index (κ1) is 14.0. The van der Waals surface area contributed by atoms with Gasteiger partial charge in [0.15, 0.2) is 0 Å². The Morgan fingerprint density at radius 2 is 2.28 bits per heavy atom. The maximum Gasteiger partial charge on any atom is 0.253 e. The third-order valence-electron chi connectivity index (χ3n) is 3.11. The van der Waals surface area contributed by atoms with Gasteiger partial charge in [-0.05, 0) is 31.6 Å². The predicted octanol–water partition coefficient (Wildman–Crippen LogP) is 3.40. The van der Waals surface area contributed by atoms with E-state index in [2.05, 4.69) is 16.6 Å². The highest BCUT2D eigenvalue weighted by molar-refractivity contribution is 7.99. The second kappa shape index (κ2) is 6.13. The molecule has 98 valence electrons. The largest absolute Gasteiger partial charge is 0.349 e. The fourth-order valence-corrected chi connectivity index (χ4v) is 3.17. The second-order valence-electron chi connectivity index (χ2n) is 4.34. The van der Waals surface area contributed by atoms with E-state index in [9.17, 15) is 4.79 Å². The summed E-state index contributed by atoms with van der Waals surface area (Å²) in [5, 5.41) is 4.19. The van der Waals surface area contributed by atoms with Gasteiger partial charge in [0, 0.05) is 17.5 Å². The highest BCUT2D eigenvalue weighted by Crippen LogP contribution is 2.28. The summed E-state index contributed by atoms with van der Waals surface area (Å²) in [6.45, 7) is 0. The monoisotopic (exact) mass is 304 g/mol. The molecule has 1 aromatic heterocycles. The van der Waals surface area contributed by atoms with E-state index >= 15 is 0 Å². The molecule has 1 saturated carbocycles. The highest BCUT2D eigenvalue weighted by atomic mass is 35.5. The van der Waals surface area contributed by atoms with Gasteiger partial charge in [0.2, 0.25) is 0 Å². The number of aromatic nitrogens is 1. The van der Waals surface area contributed by atoms with Crippen molar-refractivity contribution in [2.75, 3.05) is 6.26 Å². The zero-order valence-electron chi connectivity index (χ0n) is 9.95. The van der Waals surface area contributed by atoms with Gasteiger partial charge in [0.25, 0.3) is 5.91 Å². The van der Waals surface area contributed by atoms with Crippen LogP contribution in [0.4, 0.5) is 0 Å². The van der Waals surface area contributed by atoms with Crippen molar-refractivity contribution in [3.63, 3.8) is 0 Å². The van der Waals surface area contributed by atoms with E-state index < -0.39 is 0 Å². The lowest BCUT2D eigenvalue weighted by Crippen LogP contribution is -2.33. The molecule has 2 unspecified atom stereocenters. The predicted molar refractivity (Wildman–Crippen MR) is 76.7 cm³/mol. The number of rotatable bonds is 3. The van der Waals surface area contributed by atoms with E-state index in [4.69, 9.17) is 23.2 Å². The number of carbonyl (C=O) groups is 1. The maximum atomic E-state index is 12.0. The number of nitrogens with one attached hydrogen (secondary N) is 1. The molecule has 0 radical (unpaired) electrons. The molecule has 1 amide bonds. The molecule has 1 heterocycles. The highest BCUT2D eigenvalue weighted by Gasteiger charge is 2.25. The minimum Gasteiger partial charge on any atom is -0.349 e. The number of nitrogens with zero attached hydrogens (tertiary/aromatic N) is 1. The third-order valence-corrected chi connectivity index (χ3v) is 4.89. The summed E-state index contributed by atoms with van der Waals surface area (Å²) >= 11 is 13.4. The first-order valence-electron chi connectivity index (χ1n) is 5.75. The molecule has 0 spiro atoms. The lowest BCUT2D eigenvalue weighted by atomic mass is 10.2. The van der Waals surface area contributed by atoms with Crippen LogP contribution >= 0.6 is 35.0 Å². The zero-order chi connectivity index (χ0) is 13.1. The summed E-state index contributed by atoms with van der Waals surface area (Å²) in [5.74, 6) is -0.132. The van der Waals surface area contributed by atoms with E-state index in [1.807, 2.05) is 11.8 Å². The number of thioether (sulfide) groups is 1. The number of carbonyl (C=O) groups excluding carboxylic acids is 1. The van der Waals surface area contributed by atoms with E-state index in [1.165, 1.54) is 6.20 Å². The lowest BCUT2D eigenvalue weighted by molar-refractivity contribution is 0.0937. The van der Waals surface area contributed by atoms with Gasteiger partial charge in [-0.15, -0.1) is 0 Å². The smallest absolute Gasteiger partial charge is 0.253 e. The summed E-state index contributed by atoms with van der Waals surface area (Å²) in [4.78, 5) is 15.9. The van der Waals surface area contributed by atoms with Crippen LogP contribution in [0.15, 0.2) is 12.3 Å². The van der Waals surface area contributed by atoms with Gasteiger partial charge in [-0.25, -0.2) is 4.98 Å². The average molecular weight is 305 g/mol. The Labute approximate surface area is 121 Å². The molecule has 1 aliphatic rings. The first-order valence-corrected chi connectivity index (χ1v) is 7.79. The van der Waals surface area contributed by atoms with Crippen molar-refractivity contribution in [3.8, 4) is 0 Å². The normalized spacial score (nSPS) is 23.1. The van der Waals surface area contributed by atoms with Crippen molar-refractivity contribution in [1.29, 1.82) is 0 Å². The minimum absolute atomic E-state index is 0.132. The van der Waals surface area contributed by atoms with Crippen molar-refractivity contribution in [2.24, 2.45) is 0 Å². The van der Waals surface area contributed by atoms with Crippen LogP contribution in [0, 0.1) is 0 Å². The minimum atomic E-state index is -0.132. The zero-order valence-corrected chi connectivity index (χ0v) is 12.3. The fraction of sp³-hybridized carbons (Fsp3) is 0.500. The Bertz CT molecular complexity index is 456. The Morgan fingerprint density at radius 1 is 1.50 bits per heavy atom. The van der Waals surface area contributed by atoms with Crippen molar-refractivity contribution in [3.05, 3.63) is 28.0 Å². The molecule has 0 aromatic carbocycles. The van der Waals surface area contributed by atoms with Crippen LogP contribution < -0.4 is 5.32 Å². The van der Waals surface area contributed by atoms with Crippen LogP contribution in [0.25, 0.3) is 0 Å². The Morgan fingerprint density at radius 3 is 2.89 bits per heavy atom. The number of pyridine rings is 1. The molecule has 3 nitrogen and oxygen atoms in total. The molecular formula is C12H14Cl2N2OS. The van der Waals surface area contributed by atoms with Crippen molar-refractivity contribution >= 4 is 40.9 Å². The summed E-state index contributed by atoms with van der Waals surface area (Å²) in [7, 11) is 0. The molecule has 1 N–H and O–H groups in total. The molecule has 1 aliphatic carbocycles. The molecular weight excluding hydrogens is 291 g/mol. The van der Waals surface area contributed by atoms with E-state index in [-0.39, 0.29) is 17.1 Å². The van der Waals surface area contributed by atoms with Gasteiger partial charge in [-0.1, -0.05) is 23.2 Å². The first-order chi connectivity index (χ1) is 8.60. The molecule has 0 aliphatic heterocycles. The quantitative estimate of drug-likeness (QED) is 0.870. The Balaban J connectivity index is 1.97. The molecule has 18 heavy (non-hydrogen) atoms. The molecule has 0 bridgehead atoms. The molecule has 6 heteroatoms. The van der Waals surface area contributed by atoms with Crippen LogP contribution in [-0.2, 0) is 0 Å². The number of amides is 1. The molecule has 1 fully saturated rings. The molecule has 1 aromatic rings. The molecule has 0 saturated heterocycles. The Kier molecular flexibility index (Phi) is 4.76. The van der Waals surface area contributed by atoms with Gasteiger partial charge in [0.05, 0.1) is 10.6 Å². The molecule has 2 rings (SSSR count). The number of hydrogen-bond donors (Lipinski definition) is 1. The van der Waals surface area contributed by atoms with Gasteiger partial charge >= 0.3 is 0 Å². The van der Waals surface area contributed by atoms with Crippen LogP contribution in [0.3, 0.4) is 0 Å². The van der Waals surface area contributed by atoms with Crippen LogP contribution in [0.1, 0.15) is 29.6 Å². The topological polar surface area (TPSA) is 42.0 Å². The number of hydrogen-bond acceptors (Lipinski definition) is 3. The summed E-state index contributed by atoms with van der Waals surface area (Å²) in [6.07, 6.45) is 6.78. The maximum absolute atomic E-state index is 12.0. The number of halogens is 2. The average Bonchev–Trinajstić information content (AvgIpc) is 2.80. The van der Waals surface area contributed by atoms with Crippen molar-refractivity contribution in [1.82, 2.24) is 10.3 Å². The van der Waals surface area contributed by atoms with Gasteiger partial charge in [0.1, 0.15) is 5.15 Å². The summed E-state index contributed by atoms with van der Waals surface area (Å²) < 4.78 is 0. The molecule has 2 atom stereocenters. The summed E-state index contributed by atoms with van der Waals surface area (Å²) in [5.41, 5.74) is 0.456. The lowest BCUT2D eigenvalue weighted by Gasteiger charge is -2.12. The van der Waals surface area contributed by atoms with Gasteiger partial charge < -0.3 is 5.32 Å². The SMILES string of the molecule is CSC1CCC(NC(=O)c2cnc(Cl)c(Cl)c2)C1. The van der Waals surface area contributed by atoms with Gasteiger partial charge in [-0.2, -0.15) is 11.8 Å². The van der Waals surface area contributed by atoms with Crippen molar-refractivity contribution < 1.29 is 4.79 Å². The van der Waals surface area contributed by atoms with Crippen LogP contribution in [0.5, 0.6) is 0 Å². The van der Waals surface area contributed by atoms with E-state index in [1.54, 1.807) is 6.07 Å².